The molecule has 1 N–H and O–H groups in total. The lowest BCUT2D eigenvalue weighted by Crippen LogP contribution is -1.91. The zero-order valence-electron chi connectivity index (χ0n) is 2.92. The smallest absolute Gasteiger partial charge is 0.114 e. The van der Waals surface area contributed by atoms with Crippen LogP contribution in [-0.4, -0.2) is 5.87 Å². The second kappa shape index (κ2) is 1.33. The Balaban J connectivity index is 2.78. The molecule has 0 aromatic carbocycles. The van der Waals surface area contributed by atoms with Crippen LogP contribution < -0.4 is 5.53 Å². The second-order valence-corrected chi connectivity index (χ2v) is 0.685. The van der Waals surface area contributed by atoms with E-state index < -0.39 is 0 Å². The Morgan fingerprint density at radius 3 is 2.83 bits per heavy atom. The molecule has 6 heavy (non-hydrogen) atoms. The molecule has 0 spiro atoms. The summed E-state index contributed by atoms with van der Waals surface area (Å²) in [4.78, 5) is 0. The minimum Gasteiger partial charge on any atom is -0.171 e. The first-order valence-corrected chi connectivity index (χ1v) is 1.42. The van der Waals surface area contributed by atoms with Gasteiger partial charge in [0.2, 0.25) is 0 Å². The highest BCUT2D eigenvalue weighted by Gasteiger charge is 1.67. The van der Waals surface area contributed by atoms with Gasteiger partial charge < -0.3 is 0 Å². The maximum atomic E-state index is 3.36. The molecule has 0 bridgehead atoms. The summed E-state index contributed by atoms with van der Waals surface area (Å²) in [6.07, 6.45) is 1.37. The minimum absolute atomic E-state index is 1.37. The Kier molecular flexibility index (Phi) is 0.677. The Bertz CT molecular complexity index is 118. The van der Waals surface area contributed by atoms with Gasteiger partial charge in [-0.3, -0.25) is 0 Å². The number of hydrogen-bond acceptors (Lipinski definition) is 4. The van der Waals surface area contributed by atoms with Gasteiger partial charge in [-0.1, -0.05) is 5.22 Å². The van der Waals surface area contributed by atoms with Crippen molar-refractivity contribution in [2.75, 3.05) is 0 Å². The molecule has 0 aromatic rings. The lowest BCUT2D eigenvalue weighted by molar-refractivity contribution is 0.743. The monoisotopic (exact) mass is 82.0 g/mol. The summed E-state index contributed by atoms with van der Waals surface area (Å²) in [7, 11) is 0. The molecule has 4 heteroatoms. The van der Waals surface area contributed by atoms with Crippen LogP contribution in [0.4, 0.5) is 0 Å². The van der Waals surface area contributed by atoms with Crippen LogP contribution in [0.25, 0.3) is 0 Å². The van der Waals surface area contributed by atoms with E-state index in [1.165, 1.54) is 6.20 Å². The lowest BCUT2D eigenvalue weighted by Gasteiger charge is -1.81. The van der Waals surface area contributed by atoms with Crippen molar-refractivity contribution in [3.05, 3.63) is 6.20 Å². The molecule has 0 fully saturated rings. The molecule has 0 aromatic heterocycles. The molecule has 30 valence electrons. The summed E-state index contributed by atoms with van der Waals surface area (Å²) in [6.45, 7) is 0. The maximum absolute atomic E-state index is 3.36. The topological polar surface area (TPSA) is 49.1 Å². The molecular weight excluding hydrogens is 80.0 g/mol. The minimum atomic E-state index is 1.37. The average Bonchev–Trinajstić information content (AvgIpc) is 1.72. The van der Waals surface area contributed by atoms with Crippen LogP contribution in [0.2, 0.25) is 0 Å². The van der Waals surface area contributed by atoms with Crippen LogP contribution in [0.1, 0.15) is 0 Å². The van der Waals surface area contributed by atoms with E-state index in [-0.39, 0.29) is 0 Å². The van der Waals surface area contributed by atoms with Gasteiger partial charge in [0.15, 0.2) is 0 Å². The maximum Gasteiger partial charge on any atom is 0.114 e. The third kappa shape index (κ3) is 0.415. The number of hydrazone groups is 1. The van der Waals surface area contributed by atoms with Gasteiger partial charge in [-0.2, -0.15) is 5.53 Å². The molecule has 0 atom stereocenters. The first kappa shape index (κ1) is 3.06. The van der Waals surface area contributed by atoms with Crippen LogP contribution in [0.5, 0.6) is 0 Å². The van der Waals surface area contributed by atoms with Crippen molar-refractivity contribution >= 4 is 5.87 Å². The highest BCUT2D eigenvalue weighted by Crippen LogP contribution is 1.71. The van der Waals surface area contributed by atoms with Crippen molar-refractivity contribution < 1.29 is 0 Å². The van der Waals surface area contributed by atoms with Crippen molar-refractivity contribution in [1.29, 1.82) is 0 Å². The first-order chi connectivity index (χ1) is 3.00. The van der Waals surface area contributed by atoms with Crippen LogP contribution in [0.15, 0.2) is 21.6 Å². The molecule has 0 saturated carbocycles. The van der Waals surface area contributed by atoms with E-state index in [1.807, 2.05) is 0 Å². The standard InChI is InChI=1S/C2H2N4/c1-2-4-6-5-3-1/h1H,(H,3,6). The quantitative estimate of drug-likeness (QED) is 0.441. The summed E-state index contributed by atoms with van der Waals surface area (Å²) in [5.41, 5.74) is 2.23. The lowest BCUT2D eigenvalue weighted by atomic mass is 11.0. The molecule has 0 radical (unpaired) electrons. The third-order valence-electron chi connectivity index (χ3n) is 0.332. The van der Waals surface area contributed by atoms with Gasteiger partial charge in [0, 0.05) is 5.87 Å². The van der Waals surface area contributed by atoms with E-state index in [4.69, 9.17) is 0 Å². The van der Waals surface area contributed by atoms with Gasteiger partial charge in [-0.15, -0.1) is 10.2 Å². The molecule has 1 rings (SSSR count). The van der Waals surface area contributed by atoms with Crippen molar-refractivity contribution in [1.82, 2.24) is 5.53 Å². The van der Waals surface area contributed by atoms with Crippen LogP contribution in [0, 0.1) is 0 Å². The highest BCUT2D eigenvalue weighted by atomic mass is 15.6. The Morgan fingerprint density at radius 2 is 2.67 bits per heavy atom. The SMILES string of the molecule is C1=CN=NNN=1. The Morgan fingerprint density at radius 1 is 1.67 bits per heavy atom. The van der Waals surface area contributed by atoms with Crippen molar-refractivity contribution in [2.45, 2.75) is 0 Å². The number of nitrogens with zero attached hydrogens (tertiary/aromatic N) is 3. The number of rotatable bonds is 0. The molecule has 1 aliphatic heterocycles. The summed E-state index contributed by atoms with van der Waals surface area (Å²) >= 11 is 0. The molecule has 1 heterocycles. The molecule has 0 saturated heterocycles. The van der Waals surface area contributed by atoms with E-state index in [9.17, 15) is 0 Å². The van der Waals surface area contributed by atoms with Gasteiger partial charge in [0.1, 0.15) is 6.20 Å². The van der Waals surface area contributed by atoms with E-state index in [0.29, 0.717) is 0 Å². The first-order valence-electron chi connectivity index (χ1n) is 1.42. The number of nitrogens with one attached hydrogen (secondary N) is 1. The normalized spacial score (nSPS) is 14.7. The molecule has 4 nitrogen and oxygen atoms in total. The summed E-state index contributed by atoms with van der Waals surface area (Å²) in [5, 5.41) is 9.99. The molecule has 1 aliphatic rings. The van der Waals surface area contributed by atoms with Gasteiger partial charge >= 0.3 is 0 Å². The molecule has 0 aliphatic carbocycles. The predicted octanol–water partition coefficient (Wildman–Crippen LogP) is 0.0552. The van der Waals surface area contributed by atoms with Crippen molar-refractivity contribution in [3.63, 3.8) is 0 Å². The third-order valence-corrected chi connectivity index (χ3v) is 0.332. The zero-order chi connectivity index (χ0) is 4.24. The fraction of sp³-hybridized carbons (Fsp3) is 0. The van der Waals surface area contributed by atoms with Gasteiger partial charge in [0.25, 0.3) is 0 Å². The molecule has 0 unspecified atom stereocenters. The van der Waals surface area contributed by atoms with Crippen LogP contribution >= 0.6 is 0 Å². The Labute approximate surface area is 34.2 Å². The van der Waals surface area contributed by atoms with E-state index in [1.54, 1.807) is 0 Å². The fourth-order valence-corrected chi connectivity index (χ4v) is 0.161. The largest absolute Gasteiger partial charge is 0.171 e. The van der Waals surface area contributed by atoms with E-state index >= 15 is 0 Å². The van der Waals surface area contributed by atoms with E-state index in [2.05, 4.69) is 26.8 Å². The Hall–Kier alpha value is -1.15. The highest BCUT2D eigenvalue weighted by molar-refractivity contribution is 5.50. The zero-order valence-corrected chi connectivity index (χ0v) is 2.92. The predicted molar refractivity (Wildman–Crippen MR) is 20.0 cm³/mol. The molecular formula is C2H2N4. The number of hydrogen-bond donors (Lipinski definition) is 1. The van der Waals surface area contributed by atoms with Crippen LogP contribution in [0.3, 0.4) is 0 Å². The summed E-state index contributed by atoms with van der Waals surface area (Å²) in [6, 6.07) is 0. The second-order valence-electron chi connectivity index (χ2n) is 0.685. The van der Waals surface area contributed by atoms with Crippen molar-refractivity contribution in [3.8, 4) is 0 Å². The van der Waals surface area contributed by atoms with Crippen LogP contribution in [-0.2, 0) is 0 Å². The van der Waals surface area contributed by atoms with Crippen molar-refractivity contribution in [2.24, 2.45) is 15.4 Å². The summed E-state index contributed by atoms with van der Waals surface area (Å²) in [5.74, 6) is 2.41. The van der Waals surface area contributed by atoms with E-state index in [0.717, 1.165) is 0 Å². The average molecular weight is 82.1 g/mol. The fourth-order valence-electron chi connectivity index (χ4n) is 0.161. The molecule has 0 amide bonds. The summed E-state index contributed by atoms with van der Waals surface area (Å²) < 4.78 is 0. The van der Waals surface area contributed by atoms with Gasteiger partial charge in [0.05, 0.1) is 0 Å². The van der Waals surface area contributed by atoms with Gasteiger partial charge in [-0.05, 0) is 0 Å². The van der Waals surface area contributed by atoms with Gasteiger partial charge in [-0.25, -0.2) is 0 Å².